The number of rotatable bonds is 5. The fourth-order valence-electron chi connectivity index (χ4n) is 2.38. The Morgan fingerprint density at radius 1 is 1.40 bits per heavy atom. The minimum atomic E-state index is 0.165. The molecule has 0 aliphatic heterocycles. The highest BCUT2D eigenvalue weighted by atomic mass is 32.1. The highest BCUT2D eigenvalue weighted by Crippen LogP contribution is 2.21. The Bertz CT molecular complexity index is 470. The Labute approximate surface area is 125 Å². The first-order valence-electron chi connectivity index (χ1n) is 7.03. The second kappa shape index (κ2) is 7.97. The van der Waals surface area contributed by atoms with Crippen molar-refractivity contribution >= 4 is 23.5 Å². The predicted molar refractivity (Wildman–Crippen MR) is 85.6 cm³/mol. The molecule has 1 aromatic rings. The number of thiocarbonyl (C=S) groups is 1. The fraction of sp³-hybridized carbons (Fsp3) is 0.467. The zero-order valence-electron chi connectivity index (χ0n) is 11.5. The molecule has 5 heteroatoms. The third kappa shape index (κ3) is 5.27. The monoisotopic (exact) mass is 291 g/mol. The molecule has 1 aromatic carbocycles. The second-order valence-corrected chi connectivity index (χ2v) is 5.49. The summed E-state index contributed by atoms with van der Waals surface area (Å²) in [5, 5.41) is 4.12. The summed E-state index contributed by atoms with van der Waals surface area (Å²) in [6, 6.07) is 8.12. The molecule has 4 nitrogen and oxygen atoms in total. The maximum absolute atomic E-state index is 5.97. The van der Waals surface area contributed by atoms with Crippen molar-refractivity contribution in [2.45, 2.75) is 44.8 Å². The van der Waals surface area contributed by atoms with E-state index >= 15 is 0 Å². The van der Waals surface area contributed by atoms with E-state index < -0.39 is 0 Å². The number of nitrogens with one attached hydrogen (secondary N) is 1. The maximum Gasteiger partial charge on any atom is 0.184 e. The Hall–Kier alpha value is -1.46. The number of nitrogens with two attached hydrogens (primary N) is 1. The molecule has 0 saturated heterocycles. The van der Waals surface area contributed by atoms with Crippen LogP contribution in [0.2, 0.25) is 0 Å². The van der Waals surface area contributed by atoms with Crippen molar-refractivity contribution in [2.75, 3.05) is 0 Å². The third-order valence-corrected chi connectivity index (χ3v) is 3.47. The summed E-state index contributed by atoms with van der Waals surface area (Å²) in [5.41, 5.74) is 10.0. The Morgan fingerprint density at radius 2 is 2.20 bits per heavy atom. The zero-order valence-corrected chi connectivity index (χ0v) is 12.4. The largest absolute Gasteiger partial charge is 0.375 e. The van der Waals surface area contributed by atoms with E-state index in [4.69, 9.17) is 10.5 Å². The van der Waals surface area contributed by atoms with Crippen LogP contribution in [0.5, 0.6) is 0 Å². The summed E-state index contributed by atoms with van der Waals surface area (Å²) in [5.74, 6) is 0. The first kappa shape index (κ1) is 14.9. The highest BCUT2D eigenvalue weighted by Gasteiger charge is 2.13. The molecule has 1 aliphatic carbocycles. The fourth-order valence-corrected chi connectivity index (χ4v) is 2.43. The van der Waals surface area contributed by atoms with Crippen molar-refractivity contribution in [3.8, 4) is 0 Å². The quantitative estimate of drug-likeness (QED) is 0.497. The molecule has 1 fully saturated rings. The van der Waals surface area contributed by atoms with Gasteiger partial charge in [-0.15, -0.1) is 0 Å². The van der Waals surface area contributed by atoms with E-state index in [1.54, 1.807) is 6.21 Å². The summed E-state index contributed by atoms with van der Waals surface area (Å²) in [6.45, 7) is 0.662. The van der Waals surface area contributed by atoms with Crippen molar-refractivity contribution in [3.63, 3.8) is 0 Å². The summed E-state index contributed by atoms with van der Waals surface area (Å²) < 4.78 is 5.97. The minimum Gasteiger partial charge on any atom is -0.375 e. The molecule has 0 atom stereocenters. The Morgan fingerprint density at radius 3 is 2.95 bits per heavy atom. The minimum absolute atomic E-state index is 0.165. The molecule has 2 rings (SSSR count). The summed E-state index contributed by atoms with van der Waals surface area (Å²) in [7, 11) is 0. The first-order chi connectivity index (χ1) is 9.74. The van der Waals surface area contributed by atoms with Crippen LogP contribution in [-0.2, 0) is 11.3 Å². The summed E-state index contributed by atoms with van der Waals surface area (Å²) >= 11 is 4.68. The van der Waals surface area contributed by atoms with Crippen molar-refractivity contribution in [1.82, 2.24) is 5.43 Å². The average molecular weight is 291 g/mol. The van der Waals surface area contributed by atoms with Crippen LogP contribution in [-0.4, -0.2) is 17.4 Å². The lowest BCUT2D eigenvalue weighted by Gasteiger charge is -2.22. The number of nitrogens with zero attached hydrogens (tertiary/aromatic N) is 1. The van der Waals surface area contributed by atoms with Gasteiger partial charge in [0.05, 0.1) is 18.9 Å². The summed E-state index contributed by atoms with van der Waals surface area (Å²) in [4.78, 5) is 0. The van der Waals surface area contributed by atoms with E-state index in [2.05, 4.69) is 34.9 Å². The molecule has 20 heavy (non-hydrogen) atoms. The van der Waals surface area contributed by atoms with Gasteiger partial charge in [-0.25, -0.2) is 0 Å². The number of ether oxygens (including phenoxy) is 1. The zero-order chi connectivity index (χ0) is 14.2. The molecule has 0 amide bonds. The van der Waals surface area contributed by atoms with Crippen molar-refractivity contribution < 1.29 is 4.74 Å². The van der Waals surface area contributed by atoms with Crippen LogP contribution in [0.1, 0.15) is 43.2 Å². The topological polar surface area (TPSA) is 59.6 Å². The van der Waals surface area contributed by atoms with Gasteiger partial charge in [0, 0.05) is 0 Å². The lowest BCUT2D eigenvalue weighted by atomic mass is 9.98. The van der Waals surface area contributed by atoms with E-state index in [1.807, 2.05) is 12.1 Å². The normalized spacial score (nSPS) is 16.4. The van der Waals surface area contributed by atoms with Gasteiger partial charge in [-0.1, -0.05) is 37.5 Å². The van der Waals surface area contributed by atoms with Crippen LogP contribution in [0.3, 0.4) is 0 Å². The molecule has 0 radical (unpaired) electrons. The van der Waals surface area contributed by atoms with E-state index in [0.29, 0.717) is 12.7 Å². The molecule has 0 bridgehead atoms. The molecular weight excluding hydrogens is 270 g/mol. The number of benzene rings is 1. The molecule has 3 N–H and O–H groups in total. The van der Waals surface area contributed by atoms with E-state index in [-0.39, 0.29) is 5.11 Å². The molecule has 0 spiro atoms. The van der Waals surface area contributed by atoms with Gasteiger partial charge in [0.25, 0.3) is 0 Å². The molecule has 1 saturated carbocycles. The first-order valence-corrected chi connectivity index (χ1v) is 7.44. The van der Waals surface area contributed by atoms with Crippen LogP contribution >= 0.6 is 12.2 Å². The van der Waals surface area contributed by atoms with Crippen molar-refractivity contribution in [3.05, 3.63) is 35.4 Å². The molecule has 0 heterocycles. The standard InChI is InChI=1S/C15H21N3OS/c16-15(20)18-17-10-12-5-4-6-13(9-12)11-19-14-7-2-1-3-8-14/h4-6,9-10,14H,1-3,7-8,11H2,(H3,16,18,20). The van der Waals surface area contributed by atoms with E-state index in [9.17, 15) is 0 Å². The van der Waals surface area contributed by atoms with E-state index in [1.165, 1.54) is 32.1 Å². The lowest BCUT2D eigenvalue weighted by molar-refractivity contribution is 0.0169. The number of hydrogen-bond donors (Lipinski definition) is 2. The van der Waals surface area contributed by atoms with Gasteiger partial charge in [0.15, 0.2) is 5.11 Å². The summed E-state index contributed by atoms with van der Waals surface area (Å²) in [6.07, 6.45) is 8.45. The van der Waals surface area contributed by atoms with Gasteiger partial charge >= 0.3 is 0 Å². The van der Waals surface area contributed by atoms with Crippen LogP contribution in [0.25, 0.3) is 0 Å². The average Bonchev–Trinajstić information content (AvgIpc) is 2.46. The van der Waals surface area contributed by atoms with Gasteiger partial charge in [0.2, 0.25) is 0 Å². The maximum atomic E-state index is 5.97. The smallest absolute Gasteiger partial charge is 0.184 e. The second-order valence-electron chi connectivity index (χ2n) is 5.05. The predicted octanol–water partition coefficient (Wildman–Crippen LogP) is 2.70. The van der Waals surface area contributed by atoms with Gasteiger partial charge in [-0.3, -0.25) is 5.43 Å². The van der Waals surface area contributed by atoms with Crippen LogP contribution in [0, 0.1) is 0 Å². The van der Waals surface area contributed by atoms with Crippen molar-refractivity contribution in [1.29, 1.82) is 0 Å². The van der Waals surface area contributed by atoms with Gasteiger partial charge in [-0.05, 0) is 42.3 Å². The molecule has 0 aromatic heterocycles. The van der Waals surface area contributed by atoms with Crippen molar-refractivity contribution in [2.24, 2.45) is 10.8 Å². The van der Waals surface area contributed by atoms with Gasteiger partial charge in [0.1, 0.15) is 0 Å². The van der Waals surface area contributed by atoms with Crippen LogP contribution in [0.4, 0.5) is 0 Å². The van der Waals surface area contributed by atoms with Crippen LogP contribution in [0.15, 0.2) is 29.4 Å². The number of hydrogen-bond acceptors (Lipinski definition) is 3. The van der Waals surface area contributed by atoms with E-state index in [0.717, 1.165) is 11.1 Å². The molecule has 1 aliphatic rings. The molecule has 108 valence electrons. The lowest BCUT2D eigenvalue weighted by Crippen LogP contribution is -2.24. The Kier molecular flexibility index (Phi) is 5.95. The highest BCUT2D eigenvalue weighted by molar-refractivity contribution is 7.80. The third-order valence-electron chi connectivity index (χ3n) is 3.38. The van der Waals surface area contributed by atoms with Gasteiger partial charge in [-0.2, -0.15) is 5.10 Å². The molecule has 0 unspecified atom stereocenters. The number of hydrazone groups is 1. The molecular formula is C15H21N3OS. The Balaban J connectivity index is 1.85. The van der Waals surface area contributed by atoms with Crippen LogP contribution < -0.4 is 11.2 Å². The van der Waals surface area contributed by atoms with Gasteiger partial charge < -0.3 is 10.5 Å². The SMILES string of the molecule is NC(=S)NN=Cc1cccc(COC2CCCCC2)c1.